The van der Waals surface area contributed by atoms with Crippen LogP contribution >= 0.6 is 23.4 Å². The van der Waals surface area contributed by atoms with Gasteiger partial charge in [-0.2, -0.15) is 0 Å². The summed E-state index contributed by atoms with van der Waals surface area (Å²) in [5.41, 5.74) is 2.54. The summed E-state index contributed by atoms with van der Waals surface area (Å²) in [6, 6.07) is 18.7. The van der Waals surface area contributed by atoms with Gasteiger partial charge in [-0.05, 0) is 36.5 Å². The summed E-state index contributed by atoms with van der Waals surface area (Å²) in [6.45, 7) is 3.05. The third kappa shape index (κ3) is 3.46. The van der Waals surface area contributed by atoms with Crippen LogP contribution in [0, 0.1) is 0 Å². The maximum absolute atomic E-state index is 6.26. The van der Waals surface area contributed by atoms with Gasteiger partial charge in [0.1, 0.15) is 5.82 Å². The van der Waals surface area contributed by atoms with Gasteiger partial charge in [0.15, 0.2) is 5.16 Å². The van der Waals surface area contributed by atoms with Gasteiger partial charge >= 0.3 is 0 Å². The Kier molecular flexibility index (Phi) is 4.82. The van der Waals surface area contributed by atoms with Gasteiger partial charge < -0.3 is 4.57 Å². The Morgan fingerprint density at radius 1 is 1.04 bits per heavy atom. The SMILES string of the molecule is CCn1c(SCc2ccccc2Cl)nnc1C1CC1c1ccccc1. The first-order valence-corrected chi connectivity index (χ1v) is 9.98. The van der Waals surface area contributed by atoms with Crippen molar-refractivity contribution in [2.24, 2.45) is 0 Å². The number of thioether (sulfide) groups is 1. The largest absolute Gasteiger partial charge is 0.306 e. The minimum absolute atomic E-state index is 0.490. The molecule has 25 heavy (non-hydrogen) atoms. The van der Waals surface area contributed by atoms with Gasteiger partial charge in [-0.3, -0.25) is 0 Å². The fourth-order valence-electron chi connectivity index (χ4n) is 3.29. The van der Waals surface area contributed by atoms with Crippen LogP contribution in [0.2, 0.25) is 5.02 Å². The molecule has 0 spiro atoms. The molecule has 1 fully saturated rings. The molecule has 2 unspecified atom stereocenters. The highest BCUT2D eigenvalue weighted by atomic mass is 35.5. The van der Waals surface area contributed by atoms with Crippen molar-refractivity contribution in [2.45, 2.75) is 42.6 Å². The lowest BCUT2D eigenvalue weighted by Crippen LogP contribution is -2.03. The monoisotopic (exact) mass is 369 g/mol. The van der Waals surface area contributed by atoms with Gasteiger partial charge in [-0.25, -0.2) is 0 Å². The fourth-order valence-corrected chi connectivity index (χ4v) is 4.58. The van der Waals surface area contributed by atoms with E-state index < -0.39 is 0 Å². The van der Waals surface area contributed by atoms with Crippen LogP contribution in [0.5, 0.6) is 0 Å². The Hall–Kier alpha value is -1.78. The molecule has 1 heterocycles. The standard InChI is InChI=1S/C20H20ClN3S/c1-2-24-19(17-12-16(17)14-8-4-3-5-9-14)22-23-20(24)25-13-15-10-6-7-11-18(15)21/h3-11,16-17H,2,12-13H2,1H3. The summed E-state index contributed by atoms with van der Waals surface area (Å²) in [4.78, 5) is 0. The van der Waals surface area contributed by atoms with E-state index in [1.54, 1.807) is 11.8 Å². The van der Waals surface area contributed by atoms with Crippen LogP contribution in [0.3, 0.4) is 0 Å². The normalized spacial score (nSPS) is 19.1. The van der Waals surface area contributed by atoms with Crippen molar-refractivity contribution >= 4 is 23.4 Å². The number of hydrogen-bond donors (Lipinski definition) is 0. The number of rotatable bonds is 6. The highest BCUT2D eigenvalue weighted by Crippen LogP contribution is 2.54. The van der Waals surface area contributed by atoms with E-state index in [9.17, 15) is 0 Å². The lowest BCUT2D eigenvalue weighted by atomic mass is 10.1. The predicted molar refractivity (Wildman–Crippen MR) is 103 cm³/mol. The van der Waals surface area contributed by atoms with Crippen molar-refractivity contribution in [1.29, 1.82) is 0 Å². The van der Waals surface area contributed by atoms with Crippen LogP contribution < -0.4 is 0 Å². The Bertz CT molecular complexity index is 862. The van der Waals surface area contributed by atoms with Crippen LogP contribution in [-0.2, 0) is 12.3 Å². The van der Waals surface area contributed by atoms with Crippen molar-refractivity contribution in [2.75, 3.05) is 0 Å². The van der Waals surface area contributed by atoms with E-state index in [4.69, 9.17) is 11.6 Å². The number of hydrogen-bond acceptors (Lipinski definition) is 3. The molecular formula is C20H20ClN3S. The van der Waals surface area contributed by atoms with E-state index in [-0.39, 0.29) is 0 Å². The van der Waals surface area contributed by atoms with Crippen molar-refractivity contribution in [1.82, 2.24) is 14.8 Å². The molecule has 4 rings (SSSR count). The average molecular weight is 370 g/mol. The highest BCUT2D eigenvalue weighted by molar-refractivity contribution is 7.98. The number of benzene rings is 2. The zero-order chi connectivity index (χ0) is 17.2. The Morgan fingerprint density at radius 2 is 1.80 bits per heavy atom. The molecule has 1 aliphatic carbocycles. The van der Waals surface area contributed by atoms with E-state index >= 15 is 0 Å². The maximum Gasteiger partial charge on any atom is 0.191 e. The Labute approximate surface area is 157 Å². The maximum atomic E-state index is 6.26. The molecule has 2 aromatic carbocycles. The van der Waals surface area contributed by atoms with E-state index in [1.807, 2.05) is 18.2 Å². The topological polar surface area (TPSA) is 30.7 Å². The minimum atomic E-state index is 0.490. The Morgan fingerprint density at radius 3 is 2.56 bits per heavy atom. The number of aromatic nitrogens is 3. The lowest BCUT2D eigenvalue weighted by molar-refractivity contribution is 0.640. The molecule has 128 valence electrons. The molecule has 0 amide bonds. The Balaban J connectivity index is 1.50. The predicted octanol–water partition coefficient (Wildman–Crippen LogP) is 5.51. The molecule has 1 saturated carbocycles. The smallest absolute Gasteiger partial charge is 0.191 e. The zero-order valence-electron chi connectivity index (χ0n) is 14.1. The van der Waals surface area contributed by atoms with E-state index in [1.165, 1.54) is 5.56 Å². The third-order valence-corrected chi connectivity index (χ3v) is 6.11. The van der Waals surface area contributed by atoms with Gasteiger partial charge in [0, 0.05) is 23.2 Å². The molecule has 5 heteroatoms. The van der Waals surface area contributed by atoms with Crippen LogP contribution in [0.15, 0.2) is 59.8 Å². The van der Waals surface area contributed by atoms with Gasteiger partial charge in [-0.1, -0.05) is 71.9 Å². The molecule has 0 bridgehead atoms. The molecule has 3 nitrogen and oxygen atoms in total. The quantitative estimate of drug-likeness (QED) is 0.536. The second kappa shape index (κ2) is 7.22. The molecule has 1 aromatic heterocycles. The van der Waals surface area contributed by atoms with Crippen molar-refractivity contribution in [3.8, 4) is 0 Å². The van der Waals surface area contributed by atoms with Crippen LogP contribution in [-0.4, -0.2) is 14.8 Å². The summed E-state index contributed by atoms with van der Waals surface area (Å²) in [7, 11) is 0. The second-order valence-corrected chi connectivity index (χ2v) is 7.67. The van der Waals surface area contributed by atoms with Gasteiger partial charge in [0.25, 0.3) is 0 Å². The van der Waals surface area contributed by atoms with Gasteiger partial charge in [-0.15, -0.1) is 10.2 Å². The van der Waals surface area contributed by atoms with E-state index in [0.29, 0.717) is 11.8 Å². The van der Waals surface area contributed by atoms with E-state index in [2.05, 4.69) is 58.1 Å². The minimum Gasteiger partial charge on any atom is -0.306 e. The summed E-state index contributed by atoms with van der Waals surface area (Å²) >= 11 is 7.97. The first-order valence-electron chi connectivity index (χ1n) is 8.62. The molecule has 0 radical (unpaired) electrons. The molecule has 0 aliphatic heterocycles. The molecule has 0 N–H and O–H groups in total. The van der Waals surface area contributed by atoms with Crippen molar-refractivity contribution in [3.05, 3.63) is 76.6 Å². The molecule has 3 aromatic rings. The second-order valence-electron chi connectivity index (χ2n) is 6.32. The molecule has 2 atom stereocenters. The van der Waals surface area contributed by atoms with Gasteiger partial charge in [0.2, 0.25) is 0 Å². The van der Waals surface area contributed by atoms with Gasteiger partial charge in [0.05, 0.1) is 0 Å². The lowest BCUT2D eigenvalue weighted by Gasteiger charge is -2.08. The summed E-state index contributed by atoms with van der Waals surface area (Å²) < 4.78 is 2.26. The highest BCUT2D eigenvalue weighted by Gasteiger charge is 2.43. The van der Waals surface area contributed by atoms with Crippen molar-refractivity contribution < 1.29 is 0 Å². The first-order chi connectivity index (χ1) is 12.3. The molecule has 1 aliphatic rings. The molecule has 0 saturated heterocycles. The number of nitrogens with zero attached hydrogens (tertiary/aromatic N) is 3. The summed E-state index contributed by atoms with van der Waals surface area (Å²) in [5.74, 6) is 3.00. The van der Waals surface area contributed by atoms with E-state index in [0.717, 1.165) is 40.3 Å². The summed E-state index contributed by atoms with van der Waals surface area (Å²) in [6.07, 6.45) is 1.16. The average Bonchev–Trinajstić information content (AvgIpc) is 3.34. The zero-order valence-corrected chi connectivity index (χ0v) is 15.7. The fraction of sp³-hybridized carbons (Fsp3) is 0.300. The first kappa shape index (κ1) is 16.7. The third-order valence-electron chi connectivity index (χ3n) is 4.73. The summed E-state index contributed by atoms with van der Waals surface area (Å²) in [5, 5.41) is 10.8. The van der Waals surface area contributed by atoms with Crippen LogP contribution in [0.1, 0.15) is 42.1 Å². The van der Waals surface area contributed by atoms with Crippen LogP contribution in [0.25, 0.3) is 0 Å². The number of halogens is 1. The van der Waals surface area contributed by atoms with Crippen LogP contribution in [0.4, 0.5) is 0 Å². The molecular weight excluding hydrogens is 350 g/mol. The van der Waals surface area contributed by atoms with Crippen molar-refractivity contribution in [3.63, 3.8) is 0 Å².